The average molecular weight is 503 g/mol. The maximum Gasteiger partial charge on any atom is 0.243 e. The molecule has 6 nitrogen and oxygen atoms in total. The highest BCUT2D eigenvalue weighted by molar-refractivity contribution is 6.24. The van der Waals surface area contributed by atoms with Crippen LogP contribution in [-0.4, -0.2) is 26.8 Å². The van der Waals surface area contributed by atoms with Gasteiger partial charge in [-0.2, -0.15) is 9.97 Å². The summed E-state index contributed by atoms with van der Waals surface area (Å²) in [5.74, 6) is 0.275. The quantitative estimate of drug-likeness (QED) is 0.302. The van der Waals surface area contributed by atoms with Gasteiger partial charge in [0.1, 0.15) is 0 Å². The number of imide groups is 1. The van der Waals surface area contributed by atoms with Gasteiger partial charge in [-0.1, -0.05) is 80.6 Å². The number of anilines is 1. The summed E-state index contributed by atoms with van der Waals surface area (Å²) in [4.78, 5) is 42.4. The van der Waals surface area contributed by atoms with Crippen LogP contribution in [-0.2, 0) is 15.0 Å². The van der Waals surface area contributed by atoms with Crippen molar-refractivity contribution in [3.8, 4) is 33.9 Å². The summed E-state index contributed by atoms with van der Waals surface area (Å²) in [6.45, 7) is 11.6. The highest BCUT2D eigenvalue weighted by Gasteiger charge is 2.60. The molecule has 2 amide bonds. The normalized spacial score (nSPS) is 18.4. The van der Waals surface area contributed by atoms with Crippen LogP contribution in [0.25, 0.3) is 33.9 Å². The smallest absolute Gasteiger partial charge is 0.243 e. The fourth-order valence-electron chi connectivity index (χ4n) is 5.52. The third-order valence-corrected chi connectivity index (χ3v) is 8.74. The second-order valence-electron chi connectivity index (χ2n) is 11.8. The average Bonchev–Trinajstić information content (AvgIpc) is 3.21. The van der Waals surface area contributed by atoms with Crippen molar-refractivity contribution in [1.29, 1.82) is 0 Å². The predicted molar refractivity (Wildman–Crippen MR) is 148 cm³/mol. The van der Waals surface area contributed by atoms with Crippen molar-refractivity contribution < 1.29 is 9.59 Å². The van der Waals surface area contributed by atoms with Crippen molar-refractivity contribution in [1.82, 2.24) is 15.0 Å². The molecule has 0 radical (unpaired) electrons. The Morgan fingerprint density at radius 3 is 1.79 bits per heavy atom. The minimum absolute atomic E-state index is 0.0607. The molecule has 0 bridgehead atoms. The van der Waals surface area contributed by atoms with E-state index in [0.717, 1.165) is 16.0 Å². The fraction of sp³-hybridized carbons (Fsp3) is 0.281. The van der Waals surface area contributed by atoms with E-state index in [0.29, 0.717) is 11.6 Å². The van der Waals surface area contributed by atoms with Gasteiger partial charge in [-0.25, -0.2) is 9.88 Å². The van der Waals surface area contributed by atoms with E-state index in [1.807, 2.05) is 36.4 Å². The van der Waals surface area contributed by atoms with Crippen molar-refractivity contribution in [3.05, 3.63) is 83.9 Å². The van der Waals surface area contributed by atoms with Gasteiger partial charge >= 0.3 is 0 Å². The molecule has 1 aliphatic heterocycles. The molecule has 2 heterocycles. The minimum atomic E-state index is -0.896. The molecule has 1 aliphatic carbocycles. The Kier molecular flexibility index (Phi) is 5.03. The molecule has 0 saturated carbocycles. The molecule has 0 spiro atoms. The fourth-order valence-corrected chi connectivity index (χ4v) is 5.52. The van der Waals surface area contributed by atoms with Crippen molar-refractivity contribution in [3.63, 3.8) is 0 Å². The largest absolute Gasteiger partial charge is 0.273 e. The zero-order valence-corrected chi connectivity index (χ0v) is 22.5. The lowest BCUT2D eigenvalue weighted by Gasteiger charge is -2.28. The molecule has 3 aromatic carbocycles. The standard InChI is InChI=1S/C32H30N4O2/c1-30(2)23-15-11-10-14-21(23)22-17-16-20(18-24(22)30)26-33-25(19-12-8-7-9-13-19)34-29(35-26)36-27(37)31(3,4)32(5,6)28(36)38/h7-18H,1-6H3. The summed E-state index contributed by atoms with van der Waals surface area (Å²) >= 11 is 0. The van der Waals surface area contributed by atoms with Crippen LogP contribution in [0.2, 0.25) is 0 Å². The number of amides is 2. The SMILES string of the molecule is CC1(C)c2ccccc2-c2ccc(-c3nc(-c4ccccc4)nc(N4C(=O)C(C)(C)C(C)(C)C4=O)n3)cc21. The molecule has 2 aliphatic rings. The molecule has 6 heteroatoms. The summed E-state index contributed by atoms with van der Waals surface area (Å²) in [6, 6.07) is 24.3. The highest BCUT2D eigenvalue weighted by atomic mass is 16.2. The number of aromatic nitrogens is 3. The van der Waals surface area contributed by atoms with Crippen LogP contribution in [0.1, 0.15) is 52.7 Å². The first kappa shape index (κ1) is 24.2. The van der Waals surface area contributed by atoms with Crippen molar-refractivity contribution in [2.75, 3.05) is 4.90 Å². The van der Waals surface area contributed by atoms with E-state index < -0.39 is 10.8 Å². The number of carbonyl (C=O) groups is 2. The van der Waals surface area contributed by atoms with Crippen molar-refractivity contribution in [2.45, 2.75) is 47.0 Å². The van der Waals surface area contributed by atoms with Crippen LogP contribution < -0.4 is 4.90 Å². The molecule has 1 saturated heterocycles. The summed E-state index contributed by atoms with van der Waals surface area (Å²) in [5.41, 5.74) is 4.52. The van der Waals surface area contributed by atoms with Gasteiger partial charge < -0.3 is 0 Å². The molecule has 38 heavy (non-hydrogen) atoms. The van der Waals surface area contributed by atoms with Gasteiger partial charge in [0.2, 0.25) is 17.8 Å². The van der Waals surface area contributed by atoms with Gasteiger partial charge in [0.15, 0.2) is 11.6 Å². The summed E-state index contributed by atoms with van der Waals surface area (Å²) < 4.78 is 0. The number of hydrogen-bond donors (Lipinski definition) is 0. The Morgan fingerprint density at radius 1 is 0.579 bits per heavy atom. The number of rotatable bonds is 3. The van der Waals surface area contributed by atoms with Gasteiger partial charge in [-0.3, -0.25) is 9.59 Å². The van der Waals surface area contributed by atoms with E-state index in [2.05, 4.69) is 55.2 Å². The number of nitrogens with zero attached hydrogens (tertiary/aromatic N) is 4. The monoisotopic (exact) mass is 502 g/mol. The van der Waals surface area contributed by atoms with Gasteiger partial charge in [-0.05, 0) is 56.0 Å². The molecule has 190 valence electrons. The lowest BCUT2D eigenvalue weighted by molar-refractivity contribution is -0.129. The lowest BCUT2D eigenvalue weighted by atomic mass is 9.70. The van der Waals surface area contributed by atoms with E-state index in [1.54, 1.807) is 27.7 Å². The maximum atomic E-state index is 13.5. The Balaban J connectivity index is 1.54. The third kappa shape index (κ3) is 3.22. The minimum Gasteiger partial charge on any atom is -0.273 e. The molecule has 1 aromatic heterocycles. The molecule has 0 N–H and O–H groups in total. The van der Waals surface area contributed by atoms with Crippen LogP contribution in [0.3, 0.4) is 0 Å². The van der Waals surface area contributed by atoms with Crippen molar-refractivity contribution in [2.24, 2.45) is 10.8 Å². The number of benzene rings is 3. The van der Waals surface area contributed by atoms with Crippen LogP contribution in [0.15, 0.2) is 72.8 Å². The van der Waals surface area contributed by atoms with E-state index in [4.69, 9.17) is 9.97 Å². The zero-order chi connectivity index (χ0) is 27.0. The molecular formula is C32H30N4O2. The summed E-state index contributed by atoms with van der Waals surface area (Å²) in [7, 11) is 0. The first-order chi connectivity index (χ1) is 17.9. The maximum absolute atomic E-state index is 13.5. The van der Waals surface area contributed by atoms with Crippen LogP contribution in [0, 0.1) is 10.8 Å². The topological polar surface area (TPSA) is 76.1 Å². The third-order valence-electron chi connectivity index (χ3n) is 8.74. The van der Waals surface area contributed by atoms with E-state index in [1.165, 1.54) is 22.3 Å². The van der Waals surface area contributed by atoms with Gasteiger partial charge in [0, 0.05) is 16.5 Å². The van der Waals surface area contributed by atoms with E-state index >= 15 is 0 Å². The molecule has 1 fully saturated rings. The Labute approximate surface area is 222 Å². The molecule has 6 rings (SSSR count). The van der Waals surface area contributed by atoms with Crippen molar-refractivity contribution >= 4 is 17.8 Å². The van der Waals surface area contributed by atoms with Crippen LogP contribution >= 0.6 is 0 Å². The van der Waals surface area contributed by atoms with Crippen LogP contribution in [0.4, 0.5) is 5.95 Å². The molecule has 0 atom stereocenters. The number of fused-ring (bicyclic) bond motifs is 3. The zero-order valence-electron chi connectivity index (χ0n) is 22.5. The van der Waals surface area contributed by atoms with Gasteiger partial charge in [-0.15, -0.1) is 0 Å². The Hall–Kier alpha value is -4.19. The van der Waals surface area contributed by atoms with Gasteiger partial charge in [0.05, 0.1) is 10.8 Å². The Bertz CT molecular complexity index is 1610. The summed E-state index contributed by atoms with van der Waals surface area (Å²) in [6.07, 6.45) is 0. The van der Waals surface area contributed by atoms with Gasteiger partial charge in [0.25, 0.3) is 0 Å². The molecule has 0 unspecified atom stereocenters. The summed E-state index contributed by atoms with van der Waals surface area (Å²) in [5, 5.41) is 0. The number of hydrogen-bond acceptors (Lipinski definition) is 5. The molecular weight excluding hydrogens is 472 g/mol. The number of carbonyl (C=O) groups excluding carboxylic acids is 2. The lowest BCUT2D eigenvalue weighted by Crippen LogP contribution is -2.35. The van der Waals surface area contributed by atoms with E-state index in [9.17, 15) is 9.59 Å². The first-order valence-corrected chi connectivity index (χ1v) is 12.9. The highest BCUT2D eigenvalue weighted by Crippen LogP contribution is 2.50. The molecule has 4 aromatic rings. The second kappa shape index (κ2) is 7.90. The second-order valence-corrected chi connectivity index (χ2v) is 11.8. The predicted octanol–water partition coefficient (Wildman–Crippen LogP) is 6.44. The van der Waals surface area contributed by atoms with E-state index in [-0.39, 0.29) is 23.2 Å². The Morgan fingerprint density at radius 2 is 1.13 bits per heavy atom. The first-order valence-electron chi connectivity index (χ1n) is 12.9. The van der Waals surface area contributed by atoms with Crippen LogP contribution in [0.5, 0.6) is 0 Å².